The number of carbonyl (C=O) groups is 1. The molecule has 0 saturated carbocycles. The van der Waals surface area contributed by atoms with Crippen LogP contribution in [0, 0.1) is 0 Å². The van der Waals surface area contributed by atoms with E-state index in [1.54, 1.807) is 30.5 Å². The molecule has 0 aliphatic rings. The van der Waals surface area contributed by atoms with Crippen molar-refractivity contribution in [3.05, 3.63) is 86.7 Å². The topological polar surface area (TPSA) is 75.6 Å². The number of carbonyl (C=O) groups excluding carboxylic acids is 1. The Balaban J connectivity index is 1.48. The number of benzene rings is 2. The third kappa shape index (κ3) is 4.70. The van der Waals surface area contributed by atoms with Gasteiger partial charge in [0.05, 0.1) is 27.9 Å². The Kier molecular flexibility index (Phi) is 5.71. The molecule has 0 saturated heterocycles. The first-order valence-electron chi connectivity index (χ1n) is 8.57. The summed E-state index contributed by atoms with van der Waals surface area (Å²) in [6.07, 6.45) is 3.62. The number of rotatable bonds is 5. The molecule has 2 heterocycles. The standard InChI is InChI=1S/C20H14BrCl2N5O/c21-13-9-24-28(11-13)10-12-2-1-3-15(6-12)25-20(29)19-8-18(26-27-19)16-5-4-14(22)7-17(16)23/h1-9,11H,10H2,(H,25,29)(H,26,27). The van der Waals surface area contributed by atoms with E-state index in [-0.39, 0.29) is 5.91 Å². The summed E-state index contributed by atoms with van der Waals surface area (Å²) in [7, 11) is 0. The number of amides is 1. The summed E-state index contributed by atoms with van der Waals surface area (Å²) in [6, 6.07) is 14.4. The molecule has 29 heavy (non-hydrogen) atoms. The number of aromatic amines is 1. The van der Waals surface area contributed by atoms with Crippen LogP contribution in [-0.4, -0.2) is 25.9 Å². The lowest BCUT2D eigenvalue weighted by molar-refractivity contribution is 0.102. The van der Waals surface area contributed by atoms with Gasteiger partial charge in [-0.3, -0.25) is 14.6 Å². The van der Waals surface area contributed by atoms with Gasteiger partial charge in [-0.15, -0.1) is 0 Å². The molecule has 2 N–H and O–H groups in total. The van der Waals surface area contributed by atoms with Crippen molar-refractivity contribution in [2.24, 2.45) is 0 Å². The van der Waals surface area contributed by atoms with Crippen LogP contribution in [0.3, 0.4) is 0 Å². The number of hydrogen-bond donors (Lipinski definition) is 2. The van der Waals surface area contributed by atoms with Gasteiger partial charge in [0.15, 0.2) is 0 Å². The van der Waals surface area contributed by atoms with Crippen molar-refractivity contribution in [3.8, 4) is 11.3 Å². The molecule has 0 aliphatic heterocycles. The van der Waals surface area contributed by atoms with Crippen molar-refractivity contribution < 1.29 is 4.79 Å². The molecule has 0 radical (unpaired) electrons. The Morgan fingerprint density at radius 1 is 1.17 bits per heavy atom. The highest BCUT2D eigenvalue weighted by Gasteiger charge is 2.14. The molecule has 1 amide bonds. The van der Waals surface area contributed by atoms with E-state index >= 15 is 0 Å². The maximum atomic E-state index is 12.6. The van der Waals surface area contributed by atoms with Crippen molar-refractivity contribution in [1.82, 2.24) is 20.0 Å². The van der Waals surface area contributed by atoms with Crippen LogP contribution >= 0.6 is 39.1 Å². The molecule has 0 aliphatic carbocycles. The first kappa shape index (κ1) is 19.7. The van der Waals surface area contributed by atoms with Crippen LogP contribution in [0.4, 0.5) is 5.69 Å². The van der Waals surface area contributed by atoms with Crippen molar-refractivity contribution in [1.29, 1.82) is 0 Å². The number of aromatic nitrogens is 4. The molecule has 4 aromatic rings. The third-order valence-corrected chi connectivity index (χ3v) is 5.12. The number of anilines is 1. The minimum absolute atomic E-state index is 0.298. The van der Waals surface area contributed by atoms with Gasteiger partial charge >= 0.3 is 0 Å². The zero-order valence-corrected chi connectivity index (χ0v) is 18.0. The quantitative estimate of drug-likeness (QED) is 0.380. The average molecular weight is 491 g/mol. The molecule has 4 rings (SSSR count). The minimum Gasteiger partial charge on any atom is -0.321 e. The van der Waals surface area contributed by atoms with E-state index in [4.69, 9.17) is 23.2 Å². The van der Waals surface area contributed by atoms with Crippen LogP contribution < -0.4 is 5.32 Å². The van der Waals surface area contributed by atoms with Gasteiger partial charge in [0.2, 0.25) is 0 Å². The van der Waals surface area contributed by atoms with E-state index in [0.717, 1.165) is 10.0 Å². The maximum Gasteiger partial charge on any atom is 0.273 e. The minimum atomic E-state index is -0.298. The highest BCUT2D eigenvalue weighted by molar-refractivity contribution is 9.10. The molecule has 0 fully saturated rings. The van der Waals surface area contributed by atoms with Crippen molar-refractivity contribution in [2.45, 2.75) is 6.54 Å². The second-order valence-corrected chi connectivity index (χ2v) is 8.06. The monoisotopic (exact) mass is 489 g/mol. The molecule has 0 atom stereocenters. The summed E-state index contributed by atoms with van der Waals surface area (Å²) in [5, 5.41) is 15.1. The summed E-state index contributed by atoms with van der Waals surface area (Å²) < 4.78 is 2.72. The summed E-state index contributed by atoms with van der Waals surface area (Å²) in [6.45, 7) is 0.596. The average Bonchev–Trinajstić information content (AvgIpc) is 3.31. The fourth-order valence-corrected chi connectivity index (χ4v) is 3.66. The number of H-pyrrole nitrogens is 1. The zero-order chi connectivity index (χ0) is 20.4. The first-order valence-corrected chi connectivity index (χ1v) is 10.1. The maximum absolute atomic E-state index is 12.6. The zero-order valence-electron chi connectivity index (χ0n) is 14.9. The number of halogens is 3. The van der Waals surface area contributed by atoms with Crippen molar-refractivity contribution in [3.63, 3.8) is 0 Å². The lowest BCUT2D eigenvalue weighted by atomic mass is 10.1. The summed E-state index contributed by atoms with van der Waals surface area (Å²) in [5.41, 5.74) is 3.28. The molecular formula is C20H14BrCl2N5O. The highest BCUT2D eigenvalue weighted by Crippen LogP contribution is 2.29. The Morgan fingerprint density at radius 2 is 2.03 bits per heavy atom. The molecule has 146 valence electrons. The highest BCUT2D eigenvalue weighted by atomic mass is 79.9. The molecule has 6 nitrogen and oxygen atoms in total. The van der Waals surface area contributed by atoms with E-state index in [9.17, 15) is 4.79 Å². The van der Waals surface area contributed by atoms with Crippen molar-refractivity contribution >= 4 is 50.7 Å². The molecule has 0 bridgehead atoms. The molecule has 2 aromatic carbocycles. The lowest BCUT2D eigenvalue weighted by Gasteiger charge is -2.07. The molecule has 0 unspecified atom stereocenters. The van der Waals surface area contributed by atoms with E-state index in [0.29, 0.717) is 39.2 Å². The van der Waals surface area contributed by atoms with Crippen LogP contribution in [0.15, 0.2) is 65.4 Å². The van der Waals surface area contributed by atoms with E-state index in [1.165, 1.54) is 0 Å². The van der Waals surface area contributed by atoms with Crippen LogP contribution in [0.5, 0.6) is 0 Å². The SMILES string of the molecule is O=C(Nc1cccc(Cn2cc(Br)cn2)c1)c1cc(-c2ccc(Cl)cc2Cl)n[nH]1. The Labute approximate surface area is 185 Å². The Hall–Kier alpha value is -2.61. The molecular weight excluding hydrogens is 477 g/mol. The van der Waals surface area contributed by atoms with Crippen LogP contribution in [0.1, 0.15) is 16.1 Å². The second-order valence-electron chi connectivity index (χ2n) is 6.30. The van der Waals surface area contributed by atoms with Crippen molar-refractivity contribution in [2.75, 3.05) is 5.32 Å². The number of nitrogens with one attached hydrogen (secondary N) is 2. The fraction of sp³-hybridized carbons (Fsp3) is 0.0500. The predicted octanol–water partition coefficient (Wildman–Crippen LogP) is 5.64. The Morgan fingerprint density at radius 3 is 2.79 bits per heavy atom. The van der Waals surface area contributed by atoms with Crippen LogP contribution in [0.2, 0.25) is 10.0 Å². The van der Waals surface area contributed by atoms with Gasteiger partial charge in [0.25, 0.3) is 5.91 Å². The van der Waals surface area contributed by atoms with E-state index in [1.807, 2.05) is 35.1 Å². The van der Waals surface area contributed by atoms with Gasteiger partial charge in [0, 0.05) is 22.5 Å². The third-order valence-electron chi connectivity index (χ3n) is 4.16. The molecule has 9 heteroatoms. The molecule has 0 spiro atoms. The summed E-state index contributed by atoms with van der Waals surface area (Å²) >= 11 is 15.5. The van der Waals surface area contributed by atoms with Gasteiger partial charge < -0.3 is 5.32 Å². The fourth-order valence-electron chi connectivity index (χ4n) is 2.83. The van der Waals surface area contributed by atoms with Gasteiger partial charge in [-0.2, -0.15) is 10.2 Å². The molecule has 2 aromatic heterocycles. The first-order chi connectivity index (χ1) is 14.0. The van der Waals surface area contributed by atoms with Gasteiger partial charge in [-0.25, -0.2) is 0 Å². The van der Waals surface area contributed by atoms with Crippen LogP contribution in [-0.2, 0) is 6.54 Å². The van der Waals surface area contributed by atoms with E-state index in [2.05, 4.69) is 36.5 Å². The number of nitrogens with zero attached hydrogens (tertiary/aromatic N) is 3. The predicted molar refractivity (Wildman–Crippen MR) is 117 cm³/mol. The summed E-state index contributed by atoms with van der Waals surface area (Å²) in [4.78, 5) is 12.6. The largest absolute Gasteiger partial charge is 0.321 e. The summed E-state index contributed by atoms with van der Waals surface area (Å²) in [5.74, 6) is -0.298. The lowest BCUT2D eigenvalue weighted by Crippen LogP contribution is -2.12. The Bertz CT molecular complexity index is 1190. The van der Waals surface area contributed by atoms with Gasteiger partial charge in [-0.05, 0) is 57.9 Å². The second kappa shape index (κ2) is 8.41. The normalized spacial score (nSPS) is 10.9. The smallest absolute Gasteiger partial charge is 0.273 e. The van der Waals surface area contributed by atoms with E-state index < -0.39 is 0 Å². The van der Waals surface area contributed by atoms with Gasteiger partial charge in [0.1, 0.15) is 5.69 Å². The van der Waals surface area contributed by atoms with Crippen LogP contribution in [0.25, 0.3) is 11.3 Å². The number of hydrogen-bond acceptors (Lipinski definition) is 3. The van der Waals surface area contributed by atoms with Gasteiger partial charge in [-0.1, -0.05) is 35.3 Å².